The number of benzene rings is 2. The number of urea groups is 1. The molecule has 0 spiro atoms. The smallest absolute Gasteiger partial charge is 0.362 e. The minimum absolute atomic E-state index is 0.0770. The fourth-order valence-electron chi connectivity index (χ4n) is 2.65. The van der Waals surface area contributed by atoms with Crippen LogP contribution < -0.4 is 26.3 Å². The first-order valence-corrected chi connectivity index (χ1v) is 8.64. The molecule has 1 aromatic heterocycles. The largest absolute Gasteiger partial charge is 0.497 e. The summed E-state index contributed by atoms with van der Waals surface area (Å²) in [6.07, 6.45) is 0.867. The lowest BCUT2D eigenvalue weighted by atomic mass is 10.2. The highest BCUT2D eigenvalue weighted by Gasteiger charge is 2.16. The normalized spacial score (nSPS) is 10.4. The van der Waals surface area contributed by atoms with Crippen LogP contribution in [0.1, 0.15) is 13.3 Å². The molecule has 2 aromatic carbocycles. The maximum absolute atomic E-state index is 12.4. The molecule has 0 atom stereocenters. The minimum Gasteiger partial charge on any atom is -0.497 e. The third kappa shape index (κ3) is 4.20. The van der Waals surface area contributed by atoms with Gasteiger partial charge in [0.15, 0.2) is 5.69 Å². The molecule has 3 aromatic rings. The highest BCUT2D eigenvalue weighted by atomic mass is 16.5. The zero-order valence-electron chi connectivity index (χ0n) is 15.2. The number of hydrogen-bond acceptors (Lipinski definition) is 5. The molecule has 0 unspecified atom stereocenters. The molecule has 3 N–H and O–H groups in total. The maximum Gasteiger partial charge on any atom is 0.362 e. The van der Waals surface area contributed by atoms with Crippen LogP contribution in [0.2, 0.25) is 0 Å². The Bertz CT molecular complexity index is 996. The summed E-state index contributed by atoms with van der Waals surface area (Å²) >= 11 is 0. The molecule has 0 fully saturated rings. The molecule has 0 aliphatic rings. The van der Waals surface area contributed by atoms with E-state index in [1.54, 1.807) is 43.5 Å². The van der Waals surface area contributed by atoms with Gasteiger partial charge in [0.1, 0.15) is 11.3 Å². The molecule has 3 rings (SSSR count). The number of carbonyl (C=O) groups is 1. The number of nitrogens with one attached hydrogen (secondary N) is 3. The lowest BCUT2D eigenvalue weighted by molar-refractivity contribution is 0.262. The van der Waals surface area contributed by atoms with Crippen LogP contribution in [0.15, 0.2) is 57.7 Å². The van der Waals surface area contributed by atoms with Gasteiger partial charge in [0.2, 0.25) is 0 Å². The third-order valence-electron chi connectivity index (χ3n) is 3.95. The van der Waals surface area contributed by atoms with Gasteiger partial charge < -0.3 is 19.8 Å². The second-order valence-corrected chi connectivity index (χ2v) is 5.87. The number of amides is 2. The van der Waals surface area contributed by atoms with Crippen molar-refractivity contribution in [2.24, 2.45) is 0 Å². The van der Waals surface area contributed by atoms with E-state index in [-0.39, 0.29) is 5.69 Å². The van der Waals surface area contributed by atoms with E-state index in [0.29, 0.717) is 29.3 Å². The Morgan fingerprint density at radius 3 is 2.48 bits per heavy atom. The number of para-hydroxylation sites is 1. The second kappa shape index (κ2) is 8.27. The number of anilines is 3. The van der Waals surface area contributed by atoms with Crippen LogP contribution in [-0.4, -0.2) is 19.7 Å². The highest BCUT2D eigenvalue weighted by molar-refractivity contribution is 6.05. The van der Waals surface area contributed by atoms with Gasteiger partial charge in [-0.3, -0.25) is 5.32 Å². The van der Waals surface area contributed by atoms with E-state index in [2.05, 4.69) is 16.0 Å². The Kier molecular flexibility index (Phi) is 5.61. The van der Waals surface area contributed by atoms with E-state index < -0.39 is 11.7 Å². The van der Waals surface area contributed by atoms with E-state index in [1.807, 2.05) is 19.1 Å². The van der Waals surface area contributed by atoms with Gasteiger partial charge in [-0.25, -0.2) is 9.59 Å². The van der Waals surface area contributed by atoms with Crippen LogP contribution in [0.4, 0.5) is 21.9 Å². The van der Waals surface area contributed by atoms with Gasteiger partial charge >= 0.3 is 11.7 Å². The SMILES string of the molecule is CCCNc1c(NC(=O)Nc2ccc(OC)cc2)c(=O)oc2ccccc12. The number of methoxy groups -OCH3 is 1. The molecule has 0 radical (unpaired) electrons. The topological polar surface area (TPSA) is 92.6 Å². The number of fused-ring (bicyclic) bond motifs is 1. The summed E-state index contributed by atoms with van der Waals surface area (Å²) in [5, 5.41) is 9.23. The van der Waals surface area contributed by atoms with Gasteiger partial charge in [-0.1, -0.05) is 19.1 Å². The van der Waals surface area contributed by atoms with Gasteiger partial charge in [-0.2, -0.15) is 0 Å². The average molecular weight is 367 g/mol. The molecule has 2 amide bonds. The van der Waals surface area contributed by atoms with Crippen molar-refractivity contribution in [3.05, 3.63) is 59.0 Å². The molecular formula is C20H21N3O4. The predicted molar refractivity (Wildman–Crippen MR) is 107 cm³/mol. The van der Waals surface area contributed by atoms with E-state index in [1.165, 1.54) is 0 Å². The first-order valence-electron chi connectivity index (χ1n) is 8.64. The van der Waals surface area contributed by atoms with Crippen molar-refractivity contribution in [2.75, 3.05) is 29.6 Å². The molecule has 0 aliphatic heterocycles. The Labute approximate surface area is 156 Å². The van der Waals surface area contributed by atoms with E-state index >= 15 is 0 Å². The van der Waals surface area contributed by atoms with Crippen molar-refractivity contribution in [1.82, 2.24) is 0 Å². The van der Waals surface area contributed by atoms with Gasteiger partial charge in [-0.05, 0) is 42.8 Å². The molecule has 0 bridgehead atoms. The molecular weight excluding hydrogens is 346 g/mol. The van der Waals surface area contributed by atoms with E-state index in [9.17, 15) is 9.59 Å². The van der Waals surface area contributed by atoms with Crippen molar-refractivity contribution in [2.45, 2.75) is 13.3 Å². The van der Waals surface area contributed by atoms with Crippen molar-refractivity contribution >= 4 is 34.1 Å². The lowest BCUT2D eigenvalue weighted by Gasteiger charge is -2.14. The summed E-state index contributed by atoms with van der Waals surface area (Å²) in [7, 11) is 1.57. The van der Waals surface area contributed by atoms with Crippen LogP contribution in [0.3, 0.4) is 0 Å². The van der Waals surface area contributed by atoms with Crippen molar-refractivity contribution in [3.8, 4) is 5.75 Å². The standard InChI is InChI=1S/C20H21N3O4/c1-3-12-21-17-15-6-4-5-7-16(15)27-19(24)18(17)23-20(25)22-13-8-10-14(26-2)11-9-13/h4-11,21H,3,12H2,1-2H3,(H2,22,23,25). The van der Waals surface area contributed by atoms with Crippen LogP contribution >= 0.6 is 0 Å². The molecule has 1 heterocycles. The van der Waals surface area contributed by atoms with Gasteiger partial charge in [0.25, 0.3) is 0 Å². The lowest BCUT2D eigenvalue weighted by Crippen LogP contribution is -2.24. The molecule has 140 valence electrons. The summed E-state index contributed by atoms with van der Waals surface area (Å²) in [6.45, 7) is 2.67. The second-order valence-electron chi connectivity index (χ2n) is 5.87. The Morgan fingerprint density at radius 1 is 1.04 bits per heavy atom. The summed E-state index contributed by atoms with van der Waals surface area (Å²) in [5.41, 5.74) is 1.04. The van der Waals surface area contributed by atoms with Gasteiger partial charge in [0, 0.05) is 17.6 Å². The van der Waals surface area contributed by atoms with Crippen molar-refractivity contribution < 1.29 is 13.9 Å². The van der Waals surface area contributed by atoms with Crippen LogP contribution in [0.25, 0.3) is 11.0 Å². The number of hydrogen-bond donors (Lipinski definition) is 3. The van der Waals surface area contributed by atoms with Crippen LogP contribution in [0, 0.1) is 0 Å². The molecule has 27 heavy (non-hydrogen) atoms. The fraction of sp³-hybridized carbons (Fsp3) is 0.200. The van der Waals surface area contributed by atoms with E-state index in [4.69, 9.17) is 9.15 Å². The van der Waals surface area contributed by atoms with Gasteiger partial charge in [-0.15, -0.1) is 0 Å². The summed E-state index contributed by atoms with van der Waals surface area (Å²) in [6, 6.07) is 13.5. The quantitative estimate of drug-likeness (QED) is 0.566. The third-order valence-corrected chi connectivity index (χ3v) is 3.95. The van der Waals surface area contributed by atoms with Gasteiger partial charge in [0.05, 0.1) is 12.8 Å². The first-order chi connectivity index (χ1) is 13.1. The fourth-order valence-corrected chi connectivity index (χ4v) is 2.65. The van der Waals surface area contributed by atoms with Crippen LogP contribution in [0.5, 0.6) is 5.75 Å². The zero-order valence-corrected chi connectivity index (χ0v) is 15.2. The monoisotopic (exact) mass is 367 g/mol. The number of carbonyl (C=O) groups excluding carboxylic acids is 1. The summed E-state index contributed by atoms with van der Waals surface area (Å²) in [4.78, 5) is 24.8. The number of rotatable bonds is 6. The highest BCUT2D eigenvalue weighted by Crippen LogP contribution is 2.28. The molecule has 0 saturated carbocycles. The molecule has 7 heteroatoms. The predicted octanol–water partition coefficient (Wildman–Crippen LogP) is 4.27. The summed E-state index contributed by atoms with van der Waals surface area (Å²) in [5.74, 6) is 0.683. The van der Waals surface area contributed by atoms with Crippen LogP contribution in [-0.2, 0) is 0 Å². The maximum atomic E-state index is 12.4. The number of ether oxygens (including phenoxy) is 1. The zero-order chi connectivity index (χ0) is 19.2. The molecule has 7 nitrogen and oxygen atoms in total. The molecule has 0 aliphatic carbocycles. The first kappa shape index (κ1) is 18.3. The van der Waals surface area contributed by atoms with Crippen molar-refractivity contribution in [1.29, 1.82) is 0 Å². The molecule has 0 saturated heterocycles. The minimum atomic E-state index is -0.614. The Morgan fingerprint density at radius 2 is 1.78 bits per heavy atom. The average Bonchev–Trinajstić information content (AvgIpc) is 2.68. The summed E-state index contributed by atoms with van der Waals surface area (Å²) < 4.78 is 10.4. The van der Waals surface area contributed by atoms with Crippen molar-refractivity contribution in [3.63, 3.8) is 0 Å². The Hall–Kier alpha value is -3.48. The van der Waals surface area contributed by atoms with E-state index in [0.717, 1.165) is 11.8 Å². The Balaban J connectivity index is 1.89.